The molecule has 1 aromatic heterocycles. The molecule has 1 heterocycles. The molecule has 4 heteroatoms. The second-order valence-electron chi connectivity index (χ2n) is 2.12. The molecule has 0 saturated heterocycles. The van der Waals surface area contributed by atoms with Crippen molar-refractivity contribution in [3.63, 3.8) is 0 Å². The van der Waals surface area contributed by atoms with Gasteiger partial charge in [0.1, 0.15) is 4.34 Å². The molecule has 0 unspecified atom stereocenters. The van der Waals surface area contributed by atoms with Crippen LogP contribution in [0.2, 0.25) is 4.34 Å². The summed E-state index contributed by atoms with van der Waals surface area (Å²) in [5.74, 6) is 0. The third-order valence-corrected chi connectivity index (χ3v) is 2.67. The number of anilines is 1. The van der Waals surface area contributed by atoms with Gasteiger partial charge in [0.15, 0.2) is 5.13 Å². The second-order valence-corrected chi connectivity index (χ2v) is 3.76. The van der Waals surface area contributed by atoms with Crippen LogP contribution in [-0.4, -0.2) is 18.1 Å². The van der Waals surface area contributed by atoms with Gasteiger partial charge in [-0.3, -0.25) is 0 Å². The van der Waals surface area contributed by atoms with E-state index in [0.29, 0.717) is 0 Å². The summed E-state index contributed by atoms with van der Waals surface area (Å²) in [6, 6.07) is 0. The van der Waals surface area contributed by atoms with Crippen LogP contribution in [0.1, 0.15) is 13.8 Å². The molecule has 0 saturated carbocycles. The predicted molar refractivity (Wildman–Crippen MR) is 50.7 cm³/mol. The second kappa shape index (κ2) is 3.93. The van der Waals surface area contributed by atoms with Crippen LogP contribution in [0.15, 0.2) is 6.20 Å². The molecule has 0 aliphatic carbocycles. The maximum absolute atomic E-state index is 5.75. The van der Waals surface area contributed by atoms with Crippen LogP contribution >= 0.6 is 22.9 Å². The van der Waals surface area contributed by atoms with Gasteiger partial charge in [0.2, 0.25) is 0 Å². The van der Waals surface area contributed by atoms with Gasteiger partial charge in [0.05, 0.1) is 6.20 Å². The zero-order valence-electron chi connectivity index (χ0n) is 6.67. The van der Waals surface area contributed by atoms with Crippen molar-refractivity contribution >= 4 is 28.1 Å². The lowest BCUT2D eigenvalue weighted by molar-refractivity contribution is 0.860. The molecule has 0 spiro atoms. The van der Waals surface area contributed by atoms with E-state index in [1.165, 1.54) is 11.3 Å². The van der Waals surface area contributed by atoms with Crippen molar-refractivity contribution in [3.8, 4) is 0 Å². The SMILES string of the molecule is CCN(CC)c1ncc(Cl)s1. The number of nitrogens with zero attached hydrogens (tertiary/aromatic N) is 2. The quantitative estimate of drug-likeness (QED) is 0.729. The summed E-state index contributed by atoms with van der Waals surface area (Å²) in [5.41, 5.74) is 0. The summed E-state index contributed by atoms with van der Waals surface area (Å²) in [5, 5.41) is 1.01. The van der Waals surface area contributed by atoms with Gasteiger partial charge < -0.3 is 4.90 Å². The minimum atomic E-state index is 0.756. The Morgan fingerprint density at radius 3 is 2.55 bits per heavy atom. The van der Waals surface area contributed by atoms with Crippen molar-refractivity contribution in [1.29, 1.82) is 0 Å². The van der Waals surface area contributed by atoms with Crippen LogP contribution in [0.5, 0.6) is 0 Å². The molecule has 0 aliphatic heterocycles. The Balaban J connectivity index is 2.73. The summed E-state index contributed by atoms with van der Waals surface area (Å²) in [7, 11) is 0. The van der Waals surface area contributed by atoms with E-state index in [1.807, 2.05) is 0 Å². The van der Waals surface area contributed by atoms with Crippen LogP contribution < -0.4 is 4.90 Å². The fourth-order valence-corrected chi connectivity index (χ4v) is 1.91. The minimum Gasteiger partial charge on any atom is -0.349 e. The molecule has 0 amide bonds. The largest absolute Gasteiger partial charge is 0.349 e. The van der Waals surface area contributed by atoms with Crippen LogP contribution in [0.25, 0.3) is 0 Å². The van der Waals surface area contributed by atoms with E-state index in [4.69, 9.17) is 11.6 Å². The first kappa shape index (κ1) is 8.81. The van der Waals surface area contributed by atoms with Crippen molar-refractivity contribution in [2.75, 3.05) is 18.0 Å². The van der Waals surface area contributed by atoms with E-state index >= 15 is 0 Å². The maximum Gasteiger partial charge on any atom is 0.186 e. The summed E-state index contributed by atoms with van der Waals surface area (Å²) in [4.78, 5) is 6.35. The van der Waals surface area contributed by atoms with Crippen molar-refractivity contribution < 1.29 is 0 Å². The van der Waals surface area contributed by atoms with Crippen molar-refractivity contribution in [2.45, 2.75) is 13.8 Å². The van der Waals surface area contributed by atoms with E-state index in [2.05, 4.69) is 23.7 Å². The molecule has 1 rings (SSSR count). The van der Waals surface area contributed by atoms with E-state index in [0.717, 1.165) is 22.6 Å². The molecular weight excluding hydrogens is 180 g/mol. The van der Waals surface area contributed by atoms with Crippen molar-refractivity contribution in [2.24, 2.45) is 0 Å². The Morgan fingerprint density at radius 2 is 2.18 bits per heavy atom. The normalized spacial score (nSPS) is 10.1. The predicted octanol–water partition coefficient (Wildman–Crippen LogP) is 2.64. The van der Waals surface area contributed by atoms with Crippen LogP contribution in [-0.2, 0) is 0 Å². The average Bonchev–Trinajstić information content (AvgIpc) is 2.39. The Morgan fingerprint density at radius 1 is 1.55 bits per heavy atom. The first-order chi connectivity index (χ1) is 5.27. The zero-order valence-corrected chi connectivity index (χ0v) is 8.24. The lowest BCUT2D eigenvalue weighted by Crippen LogP contribution is -2.21. The molecule has 0 N–H and O–H groups in total. The molecule has 1 aromatic rings. The fraction of sp³-hybridized carbons (Fsp3) is 0.571. The number of thiazole rings is 1. The van der Waals surface area contributed by atoms with Gasteiger partial charge in [-0.05, 0) is 13.8 Å². The van der Waals surface area contributed by atoms with E-state index in [9.17, 15) is 0 Å². The molecular formula is C7H11ClN2S. The molecule has 0 aliphatic rings. The van der Waals surface area contributed by atoms with Gasteiger partial charge in [0.25, 0.3) is 0 Å². The van der Waals surface area contributed by atoms with Crippen LogP contribution in [0.4, 0.5) is 5.13 Å². The van der Waals surface area contributed by atoms with E-state index < -0.39 is 0 Å². The topological polar surface area (TPSA) is 16.1 Å². The number of halogens is 1. The number of hydrogen-bond acceptors (Lipinski definition) is 3. The molecule has 0 bridgehead atoms. The molecule has 0 atom stereocenters. The monoisotopic (exact) mass is 190 g/mol. The van der Waals surface area contributed by atoms with Gasteiger partial charge in [-0.1, -0.05) is 22.9 Å². The minimum absolute atomic E-state index is 0.756. The molecule has 62 valence electrons. The highest BCUT2D eigenvalue weighted by Crippen LogP contribution is 2.25. The molecule has 0 radical (unpaired) electrons. The van der Waals surface area contributed by atoms with Gasteiger partial charge in [-0.15, -0.1) is 0 Å². The van der Waals surface area contributed by atoms with Crippen molar-refractivity contribution in [1.82, 2.24) is 4.98 Å². The molecule has 11 heavy (non-hydrogen) atoms. The van der Waals surface area contributed by atoms with Gasteiger partial charge in [-0.25, -0.2) is 4.98 Å². The van der Waals surface area contributed by atoms with Gasteiger partial charge in [0, 0.05) is 13.1 Å². The summed E-state index contributed by atoms with van der Waals surface area (Å²) in [6.45, 7) is 6.19. The first-order valence-electron chi connectivity index (χ1n) is 3.64. The smallest absolute Gasteiger partial charge is 0.186 e. The Bertz CT molecular complexity index is 220. The average molecular weight is 191 g/mol. The zero-order chi connectivity index (χ0) is 8.27. The summed E-state index contributed by atoms with van der Waals surface area (Å²) < 4.78 is 0.756. The number of hydrogen-bond donors (Lipinski definition) is 0. The van der Waals surface area contributed by atoms with Gasteiger partial charge in [-0.2, -0.15) is 0 Å². The van der Waals surface area contributed by atoms with Crippen molar-refractivity contribution in [3.05, 3.63) is 10.5 Å². The third kappa shape index (κ3) is 2.07. The molecule has 0 fully saturated rings. The van der Waals surface area contributed by atoms with E-state index in [-0.39, 0.29) is 0 Å². The number of aromatic nitrogens is 1. The third-order valence-electron chi connectivity index (χ3n) is 1.50. The Labute approximate surface area is 75.8 Å². The highest BCUT2D eigenvalue weighted by atomic mass is 35.5. The number of rotatable bonds is 3. The summed E-state index contributed by atoms with van der Waals surface area (Å²) in [6.07, 6.45) is 1.69. The Hall–Kier alpha value is -0.280. The highest BCUT2D eigenvalue weighted by molar-refractivity contribution is 7.19. The highest BCUT2D eigenvalue weighted by Gasteiger charge is 2.05. The lowest BCUT2D eigenvalue weighted by atomic mass is 10.6. The standard InChI is InChI=1S/C7H11ClN2S/c1-3-10(4-2)7-9-5-6(8)11-7/h5H,3-4H2,1-2H3. The van der Waals surface area contributed by atoms with Crippen LogP contribution in [0.3, 0.4) is 0 Å². The summed E-state index contributed by atoms with van der Waals surface area (Å²) >= 11 is 7.27. The van der Waals surface area contributed by atoms with Gasteiger partial charge >= 0.3 is 0 Å². The van der Waals surface area contributed by atoms with E-state index in [1.54, 1.807) is 6.20 Å². The fourth-order valence-electron chi connectivity index (χ4n) is 0.886. The lowest BCUT2D eigenvalue weighted by Gasteiger charge is -2.16. The maximum atomic E-state index is 5.75. The molecule has 0 aromatic carbocycles. The Kier molecular flexibility index (Phi) is 3.15. The molecule has 2 nitrogen and oxygen atoms in total. The van der Waals surface area contributed by atoms with Crippen LogP contribution in [0, 0.1) is 0 Å². The first-order valence-corrected chi connectivity index (χ1v) is 4.83.